The highest BCUT2D eigenvalue weighted by Crippen LogP contribution is 2.45. The molecule has 0 radical (unpaired) electrons. The van der Waals surface area contributed by atoms with Gasteiger partial charge >= 0.3 is 0 Å². The summed E-state index contributed by atoms with van der Waals surface area (Å²) in [6, 6.07) is 27.5. The van der Waals surface area contributed by atoms with Gasteiger partial charge in [0.2, 0.25) is 0 Å². The van der Waals surface area contributed by atoms with Gasteiger partial charge in [0.1, 0.15) is 11.6 Å². The second-order valence-electron chi connectivity index (χ2n) is 9.58. The molecule has 1 fully saturated rings. The van der Waals surface area contributed by atoms with Crippen LogP contribution < -0.4 is 11.1 Å². The van der Waals surface area contributed by atoms with Crippen LogP contribution in [0.1, 0.15) is 24.8 Å². The monoisotopic (exact) mass is 473 g/mol. The fraction of sp³-hybridized carbons (Fsp3) is 0.133. The first kappa shape index (κ1) is 21.0. The molecule has 0 unspecified atom stereocenters. The number of rotatable bonds is 3. The number of halogens is 1. The number of imidazole rings is 1. The van der Waals surface area contributed by atoms with Crippen LogP contribution in [0.2, 0.25) is 0 Å². The number of benzene rings is 3. The number of nitrogens with zero attached hydrogens (tertiary/aromatic N) is 3. The maximum absolute atomic E-state index is 15.6. The molecule has 1 aliphatic carbocycles. The van der Waals surface area contributed by atoms with Crippen LogP contribution in [0.3, 0.4) is 0 Å². The van der Waals surface area contributed by atoms with Crippen molar-refractivity contribution in [2.75, 3.05) is 5.32 Å². The summed E-state index contributed by atoms with van der Waals surface area (Å²) < 4.78 is 17.7. The molecule has 2 aromatic heterocycles. The number of pyridine rings is 1. The maximum atomic E-state index is 15.6. The van der Waals surface area contributed by atoms with Crippen LogP contribution in [0.4, 0.5) is 15.9 Å². The van der Waals surface area contributed by atoms with Gasteiger partial charge in [-0.15, -0.1) is 0 Å². The zero-order valence-corrected chi connectivity index (χ0v) is 19.6. The number of nitrogens with one attached hydrogen (secondary N) is 1. The SMILES string of the molecule is NC1(c2ccc(-c3c(-c4ccccc4)nc4n3-c3cccnc3Nc3ccccc3-4)cc2F)CCC1. The molecule has 1 aliphatic heterocycles. The Hall–Kier alpha value is -4.29. The van der Waals surface area contributed by atoms with Crippen molar-refractivity contribution >= 4 is 11.5 Å². The molecule has 3 aromatic carbocycles. The molecule has 0 atom stereocenters. The lowest BCUT2D eigenvalue weighted by molar-refractivity contribution is 0.245. The fourth-order valence-corrected chi connectivity index (χ4v) is 5.38. The topological polar surface area (TPSA) is 68.8 Å². The molecule has 0 spiro atoms. The summed E-state index contributed by atoms with van der Waals surface area (Å²) in [5.74, 6) is 1.22. The number of hydrogen-bond donors (Lipinski definition) is 2. The summed E-state index contributed by atoms with van der Waals surface area (Å²) >= 11 is 0. The Morgan fingerprint density at radius 2 is 1.69 bits per heavy atom. The van der Waals surface area contributed by atoms with E-state index in [1.165, 1.54) is 0 Å². The van der Waals surface area contributed by atoms with Gasteiger partial charge in [-0.2, -0.15) is 0 Å². The summed E-state index contributed by atoms with van der Waals surface area (Å²) in [6.45, 7) is 0. The molecule has 36 heavy (non-hydrogen) atoms. The Labute approximate surface area is 208 Å². The van der Waals surface area contributed by atoms with E-state index in [-0.39, 0.29) is 5.82 Å². The highest BCUT2D eigenvalue weighted by molar-refractivity contribution is 5.90. The van der Waals surface area contributed by atoms with Gasteiger partial charge in [-0.05, 0) is 49.6 Å². The Morgan fingerprint density at radius 1 is 0.889 bits per heavy atom. The lowest BCUT2D eigenvalue weighted by atomic mass is 9.72. The van der Waals surface area contributed by atoms with E-state index in [0.29, 0.717) is 5.56 Å². The Kier molecular flexibility index (Phi) is 4.59. The molecule has 3 N–H and O–H groups in total. The van der Waals surface area contributed by atoms with E-state index in [2.05, 4.69) is 14.9 Å². The molecule has 5 aromatic rings. The molecule has 2 aliphatic rings. The van der Waals surface area contributed by atoms with Gasteiger partial charge in [-0.3, -0.25) is 4.57 Å². The molecular weight excluding hydrogens is 449 g/mol. The molecule has 3 heterocycles. The standard InChI is InChI=1S/C30H24FN5/c31-23-18-20(13-14-22(23)30(32)15-7-16-30)27-26(19-8-2-1-3-9-19)35-29-21-10-4-5-11-24(21)34-28-25(36(27)29)12-6-17-33-28/h1-6,8-14,17-18H,7,15-16,32H2,(H,33,34). The van der Waals surface area contributed by atoms with Gasteiger partial charge < -0.3 is 11.1 Å². The molecule has 176 valence electrons. The van der Waals surface area contributed by atoms with Crippen molar-refractivity contribution in [1.82, 2.24) is 14.5 Å². The first-order chi connectivity index (χ1) is 17.6. The number of para-hydroxylation sites is 1. The van der Waals surface area contributed by atoms with Crippen LogP contribution >= 0.6 is 0 Å². The molecule has 0 amide bonds. The van der Waals surface area contributed by atoms with Gasteiger partial charge in [-0.25, -0.2) is 14.4 Å². The van der Waals surface area contributed by atoms with Crippen LogP contribution in [-0.4, -0.2) is 14.5 Å². The number of hydrogen-bond acceptors (Lipinski definition) is 4. The third-order valence-electron chi connectivity index (χ3n) is 7.40. The van der Waals surface area contributed by atoms with Crippen LogP contribution in [0.25, 0.3) is 39.6 Å². The van der Waals surface area contributed by atoms with Crippen molar-refractivity contribution in [1.29, 1.82) is 0 Å². The van der Waals surface area contributed by atoms with Crippen LogP contribution in [0.15, 0.2) is 91.1 Å². The van der Waals surface area contributed by atoms with Gasteiger partial charge in [0.05, 0.1) is 22.8 Å². The lowest BCUT2D eigenvalue weighted by Crippen LogP contribution is -2.44. The van der Waals surface area contributed by atoms with E-state index in [1.54, 1.807) is 12.3 Å². The van der Waals surface area contributed by atoms with Gasteiger partial charge in [-0.1, -0.05) is 54.6 Å². The number of nitrogens with two attached hydrogens (primary N) is 1. The molecule has 6 heteroatoms. The smallest absolute Gasteiger partial charge is 0.154 e. The van der Waals surface area contributed by atoms with Crippen molar-refractivity contribution in [3.63, 3.8) is 0 Å². The first-order valence-corrected chi connectivity index (χ1v) is 12.2. The van der Waals surface area contributed by atoms with Gasteiger partial charge in [0.25, 0.3) is 0 Å². The average Bonchev–Trinajstić information content (AvgIpc) is 3.22. The number of aromatic nitrogens is 3. The Bertz CT molecular complexity index is 1620. The number of anilines is 2. The van der Waals surface area contributed by atoms with Crippen molar-refractivity contribution < 1.29 is 4.39 Å². The van der Waals surface area contributed by atoms with Crippen LogP contribution in [0, 0.1) is 5.82 Å². The Balaban J connectivity index is 1.55. The molecule has 0 bridgehead atoms. The van der Waals surface area contributed by atoms with Crippen molar-refractivity contribution in [3.8, 4) is 39.6 Å². The molecule has 7 rings (SSSR count). The maximum Gasteiger partial charge on any atom is 0.154 e. The molecular formula is C30H24FN5. The second kappa shape index (κ2) is 7.86. The molecule has 0 saturated heterocycles. The normalized spacial score (nSPS) is 15.1. The first-order valence-electron chi connectivity index (χ1n) is 12.2. The highest BCUT2D eigenvalue weighted by Gasteiger charge is 2.37. The van der Waals surface area contributed by atoms with Crippen molar-refractivity contribution in [2.24, 2.45) is 5.73 Å². The zero-order valence-electron chi connectivity index (χ0n) is 19.6. The quantitative estimate of drug-likeness (QED) is 0.297. The minimum absolute atomic E-state index is 0.275. The average molecular weight is 474 g/mol. The highest BCUT2D eigenvalue weighted by atomic mass is 19.1. The van der Waals surface area contributed by atoms with E-state index in [0.717, 1.165) is 70.4 Å². The van der Waals surface area contributed by atoms with E-state index in [1.807, 2.05) is 78.9 Å². The van der Waals surface area contributed by atoms with E-state index >= 15 is 4.39 Å². The fourth-order valence-electron chi connectivity index (χ4n) is 5.38. The minimum Gasteiger partial charge on any atom is -0.338 e. The van der Waals surface area contributed by atoms with Crippen LogP contribution in [-0.2, 0) is 5.54 Å². The molecule has 5 nitrogen and oxygen atoms in total. The van der Waals surface area contributed by atoms with Gasteiger partial charge in [0, 0.05) is 34.0 Å². The summed E-state index contributed by atoms with van der Waals surface area (Å²) in [4.78, 5) is 9.80. The lowest BCUT2D eigenvalue weighted by Gasteiger charge is -2.38. The minimum atomic E-state index is -0.571. The van der Waals surface area contributed by atoms with Crippen molar-refractivity contribution in [2.45, 2.75) is 24.8 Å². The third-order valence-corrected chi connectivity index (χ3v) is 7.40. The predicted molar refractivity (Wildman–Crippen MR) is 141 cm³/mol. The zero-order chi connectivity index (χ0) is 24.3. The summed E-state index contributed by atoms with van der Waals surface area (Å²) in [6.07, 6.45) is 4.41. The predicted octanol–water partition coefficient (Wildman–Crippen LogP) is 6.80. The van der Waals surface area contributed by atoms with E-state index < -0.39 is 5.54 Å². The van der Waals surface area contributed by atoms with Crippen LogP contribution in [0.5, 0.6) is 0 Å². The van der Waals surface area contributed by atoms with E-state index in [4.69, 9.17) is 10.7 Å². The summed E-state index contributed by atoms with van der Waals surface area (Å²) in [5.41, 5.74) is 12.5. The third kappa shape index (κ3) is 3.11. The molecule has 1 saturated carbocycles. The summed E-state index contributed by atoms with van der Waals surface area (Å²) in [7, 11) is 0. The Morgan fingerprint density at radius 3 is 2.47 bits per heavy atom. The summed E-state index contributed by atoms with van der Waals surface area (Å²) in [5, 5.41) is 3.47. The largest absolute Gasteiger partial charge is 0.338 e. The van der Waals surface area contributed by atoms with Gasteiger partial charge in [0.15, 0.2) is 5.82 Å². The van der Waals surface area contributed by atoms with Crippen molar-refractivity contribution in [3.05, 3.63) is 103 Å². The second-order valence-corrected chi connectivity index (χ2v) is 9.58. The number of fused-ring (bicyclic) bond motifs is 5. The van der Waals surface area contributed by atoms with E-state index in [9.17, 15) is 0 Å².